The van der Waals surface area contributed by atoms with Crippen LogP contribution in [0, 0.1) is 0 Å². The highest BCUT2D eigenvalue weighted by Gasteiger charge is 2.28. The van der Waals surface area contributed by atoms with Crippen LogP contribution in [0.1, 0.15) is 20.8 Å². The summed E-state index contributed by atoms with van der Waals surface area (Å²) < 4.78 is 0. The van der Waals surface area contributed by atoms with Gasteiger partial charge in [0.25, 0.3) is 0 Å². The van der Waals surface area contributed by atoms with Crippen molar-refractivity contribution in [3.8, 4) is 0 Å². The number of carbonyl (C=O) groups is 3. The number of amides is 3. The molecule has 0 spiro atoms. The van der Waals surface area contributed by atoms with Crippen LogP contribution in [0.25, 0.3) is 0 Å². The Morgan fingerprint density at radius 2 is 1.39 bits per heavy atom. The molecule has 0 aromatic heterocycles. The molecule has 1 saturated heterocycles. The minimum atomic E-state index is -0.457. The van der Waals surface area contributed by atoms with Gasteiger partial charge in [0.05, 0.1) is 0 Å². The van der Waals surface area contributed by atoms with Crippen molar-refractivity contribution < 1.29 is 14.4 Å². The predicted molar refractivity (Wildman–Crippen MR) is 66.8 cm³/mol. The molecule has 102 valence electrons. The van der Waals surface area contributed by atoms with E-state index in [9.17, 15) is 14.4 Å². The lowest BCUT2D eigenvalue weighted by Gasteiger charge is -2.34. The Balaban J connectivity index is 2.54. The Bertz CT molecular complexity index is 331. The van der Waals surface area contributed by atoms with Gasteiger partial charge in [0.15, 0.2) is 0 Å². The van der Waals surface area contributed by atoms with Crippen LogP contribution in [0.4, 0.5) is 0 Å². The van der Waals surface area contributed by atoms with Crippen molar-refractivity contribution in [2.24, 2.45) is 0 Å². The second-order valence-corrected chi connectivity index (χ2v) is 4.28. The van der Waals surface area contributed by atoms with Crippen LogP contribution in [-0.2, 0) is 14.4 Å². The van der Waals surface area contributed by atoms with Gasteiger partial charge in [0.2, 0.25) is 5.91 Å². The van der Waals surface area contributed by atoms with E-state index in [-0.39, 0.29) is 5.91 Å². The smallest absolute Gasteiger partial charge is 0.312 e. The number of piperazine rings is 1. The maximum atomic E-state index is 12.0. The van der Waals surface area contributed by atoms with Crippen LogP contribution in [0.2, 0.25) is 0 Å². The predicted octanol–water partition coefficient (Wildman–Crippen LogP) is -0.454. The highest BCUT2D eigenvalue weighted by Crippen LogP contribution is 2.04. The van der Waals surface area contributed by atoms with Crippen molar-refractivity contribution >= 4 is 17.7 Å². The van der Waals surface area contributed by atoms with Crippen LogP contribution >= 0.6 is 0 Å². The van der Waals surface area contributed by atoms with Gasteiger partial charge in [-0.25, -0.2) is 0 Å². The lowest BCUT2D eigenvalue weighted by molar-refractivity contribution is -0.153. The van der Waals surface area contributed by atoms with Gasteiger partial charge in [-0.2, -0.15) is 0 Å². The molecule has 1 heterocycles. The third-order valence-electron chi connectivity index (χ3n) is 3.25. The SMILES string of the molecule is CCN(CC)C(=O)C(=O)N1CCN(C(C)=O)CC1. The van der Waals surface area contributed by atoms with Crippen LogP contribution in [0.3, 0.4) is 0 Å². The summed E-state index contributed by atoms with van der Waals surface area (Å²) in [5.41, 5.74) is 0. The van der Waals surface area contributed by atoms with Crippen LogP contribution in [-0.4, -0.2) is 71.7 Å². The zero-order valence-electron chi connectivity index (χ0n) is 11.3. The average molecular weight is 255 g/mol. The fourth-order valence-corrected chi connectivity index (χ4v) is 2.01. The molecule has 0 aromatic carbocycles. The average Bonchev–Trinajstić information content (AvgIpc) is 2.39. The largest absolute Gasteiger partial charge is 0.339 e. The topological polar surface area (TPSA) is 60.9 Å². The number of carbonyl (C=O) groups excluding carboxylic acids is 3. The van der Waals surface area contributed by atoms with Crippen LogP contribution in [0.5, 0.6) is 0 Å². The van der Waals surface area contributed by atoms with Gasteiger partial charge in [-0.15, -0.1) is 0 Å². The second kappa shape index (κ2) is 6.37. The summed E-state index contributed by atoms with van der Waals surface area (Å²) in [6.45, 7) is 8.17. The Labute approximate surface area is 108 Å². The lowest BCUT2D eigenvalue weighted by Crippen LogP contribution is -2.54. The first-order valence-corrected chi connectivity index (χ1v) is 6.34. The van der Waals surface area contributed by atoms with Crippen molar-refractivity contribution in [2.75, 3.05) is 39.3 Å². The molecule has 6 heteroatoms. The molecule has 0 bridgehead atoms. The minimum absolute atomic E-state index is 0.0113. The summed E-state index contributed by atoms with van der Waals surface area (Å²) in [4.78, 5) is 39.7. The molecule has 6 nitrogen and oxygen atoms in total. The number of nitrogens with zero attached hydrogens (tertiary/aromatic N) is 3. The molecule has 1 aliphatic heterocycles. The first-order valence-electron chi connectivity index (χ1n) is 6.34. The summed E-state index contributed by atoms with van der Waals surface area (Å²) in [6, 6.07) is 0. The van der Waals surface area contributed by atoms with Gasteiger partial charge >= 0.3 is 11.8 Å². The molecule has 0 aromatic rings. The van der Waals surface area contributed by atoms with E-state index in [1.54, 1.807) is 4.90 Å². The van der Waals surface area contributed by atoms with E-state index in [2.05, 4.69) is 0 Å². The van der Waals surface area contributed by atoms with Crippen molar-refractivity contribution in [2.45, 2.75) is 20.8 Å². The number of hydrogen-bond acceptors (Lipinski definition) is 3. The van der Waals surface area contributed by atoms with E-state index in [0.717, 1.165) is 0 Å². The van der Waals surface area contributed by atoms with Crippen molar-refractivity contribution in [3.63, 3.8) is 0 Å². The van der Waals surface area contributed by atoms with E-state index in [0.29, 0.717) is 39.3 Å². The number of likely N-dealkylation sites (N-methyl/N-ethyl adjacent to an activating group) is 1. The van der Waals surface area contributed by atoms with E-state index in [4.69, 9.17) is 0 Å². The van der Waals surface area contributed by atoms with Crippen LogP contribution in [0.15, 0.2) is 0 Å². The second-order valence-electron chi connectivity index (χ2n) is 4.28. The molecule has 0 N–H and O–H groups in total. The van der Waals surface area contributed by atoms with Gasteiger partial charge in [0, 0.05) is 46.2 Å². The van der Waals surface area contributed by atoms with E-state index < -0.39 is 11.8 Å². The molecule has 0 radical (unpaired) electrons. The lowest BCUT2D eigenvalue weighted by atomic mass is 10.3. The Morgan fingerprint density at radius 3 is 1.78 bits per heavy atom. The fourth-order valence-electron chi connectivity index (χ4n) is 2.01. The summed E-state index contributed by atoms with van der Waals surface area (Å²) >= 11 is 0. The van der Waals surface area contributed by atoms with Gasteiger partial charge in [0.1, 0.15) is 0 Å². The molecule has 0 atom stereocenters. The molecule has 0 saturated carbocycles. The Morgan fingerprint density at radius 1 is 0.944 bits per heavy atom. The van der Waals surface area contributed by atoms with Crippen molar-refractivity contribution in [3.05, 3.63) is 0 Å². The molecule has 0 aliphatic carbocycles. The van der Waals surface area contributed by atoms with Crippen molar-refractivity contribution in [1.82, 2.24) is 14.7 Å². The third-order valence-corrected chi connectivity index (χ3v) is 3.25. The highest BCUT2D eigenvalue weighted by atomic mass is 16.2. The van der Waals surface area contributed by atoms with Crippen molar-refractivity contribution in [1.29, 1.82) is 0 Å². The Hall–Kier alpha value is -1.59. The quantitative estimate of drug-likeness (QED) is 0.628. The Kier molecular flexibility index (Phi) is 5.12. The van der Waals surface area contributed by atoms with Gasteiger partial charge in [-0.1, -0.05) is 0 Å². The third kappa shape index (κ3) is 3.21. The van der Waals surface area contributed by atoms with E-state index >= 15 is 0 Å². The van der Waals surface area contributed by atoms with Gasteiger partial charge in [-0.05, 0) is 13.8 Å². The van der Waals surface area contributed by atoms with Gasteiger partial charge < -0.3 is 14.7 Å². The van der Waals surface area contributed by atoms with E-state index in [1.165, 1.54) is 16.7 Å². The minimum Gasteiger partial charge on any atom is -0.339 e. The molecule has 18 heavy (non-hydrogen) atoms. The summed E-state index contributed by atoms with van der Waals surface area (Å²) in [5, 5.41) is 0. The summed E-state index contributed by atoms with van der Waals surface area (Å²) in [6.07, 6.45) is 0. The van der Waals surface area contributed by atoms with Crippen LogP contribution < -0.4 is 0 Å². The highest BCUT2D eigenvalue weighted by molar-refractivity contribution is 6.34. The standard InChI is InChI=1S/C12H21N3O3/c1-4-13(5-2)11(17)12(18)15-8-6-14(7-9-15)10(3)16/h4-9H2,1-3H3. The molecular formula is C12H21N3O3. The summed E-state index contributed by atoms with van der Waals surface area (Å²) in [7, 11) is 0. The first kappa shape index (κ1) is 14.5. The van der Waals surface area contributed by atoms with Gasteiger partial charge in [-0.3, -0.25) is 14.4 Å². The molecular weight excluding hydrogens is 234 g/mol. The molecule has 1 rings (SSSR count). The molecule has 1 aliphatic rings. The number of hydrogen-bond donors (Lipinski definition) is 0. The zero-order valence-corrected chi connectivity index (χ0v) is 11.3. The molecule has 3 amide bonds. The maximum Gasteiger partial charge on any atom is 0.312 e. The van der Waals surface area contributed by atoms with E-state index in [1.807, 2.05) is 13.8 Å². The monoisotopic (exact) mass is 255 g/mol. The zero-order chi connectivity index (χ0) is 13.7. The first-order chi connectivity index (χ1) is 8.51. The molecule has 1 fully saturated rings. The maximum absolute atomic E-state index is 12.0. The fraction of sp³-hybridized carbons (Fsp3) is 0.750. The molecule has 0 unspecified atom stereocenters. The normalized spacial score (nSPS) is 15.5. The number of rotatable bonds is 2. The summed E-state index contributed by atoms with van der Waals surface area (Å²) in [5.74, 6) is -0.893.